The molecule has 0 saturated carbocycles. The van der Waals surface area contributed by atoms with Gasteiger partial charge in [0.25, 0.3) is 5.56 Å². The van der Waals surface area contributed by atoms with Crippen molar-refractivity contribution in [2.24, 2.45) is 4.99 Å². The fourth-order valence-corrected chi connectivity index (χ4v) is 5.89. The Kier molecular flexibility index (Phi) is 8.19. The quantitative estimate of drug-likeness (QED) is 0.251. The van der Waals surface area contributed by atoms with Gasteiger partial charge in [-0.3, -0.25) is 9.36 Å². The van der Waals surface area contributed by atoms with Crippen molar-refractivity contribution < 1.29 is 23.4 Å². The van der Waals surface area contributed by atoms with Crippen LogP contribution in [0.1, 0.15) is 45.1 Å². The molecule has 0 N–H and O–H groups in total. The summed E-state index contributed by atoms with van der Waals surface area (Å²) in [6.45, 7) is 7.51. The first-order chi connectivity index (χ1) is 19.7. The fraction of sp³-hybridized carbons (Fsp3) is 0.258. The van der Waals surface area contributed by atoms with Gasteiger partial charge in [-0.15, -0.1) is 0 Å². The maximum atomic E-state index is 13.9. The summed E-state index contributed by atoms with van der Waals surface area (Å²) in [5.41, 5.74) is 1.93. The van der Waals surface area contributed by atoms with E-state index in [-0.39, 0.29) is 23.8 Å². The standard InChI is InChI=1S/C31H29ClN2O6S/c1-6-38-30(36)27-18(4)33-31-34(28(27)20-10-12-24(39-17(2)3)25(15-20)37-5)29(35)26(41-31)16-22-11-13-23(40-22)19-8-7-9-21(32)14-19/h7-17,28H,6H2,1-5H3/b26-16-/t28-/m0/s1. The Hall–Kier alpha value is -4.08. The molecule has 0 amide bonds. The highest BCUT2D eigenvalue weighted by atomic mass is 35.5. The molecule has 1 aliphatic heterocycles. The maximum Gasteiger partial charge on any atom is 0.338 e. The number of furan rings is 1. The Balaban J connectivity index is 1.64. The lowest BCUT2D eigenvalue weighted by Crippen LogP contribution is -2.40. The van der Waals surface area contributed by atoms with E-state index in [2.05, 4.69) is 4.99 Å². The average Bonchev–Trinajstić information content (AvgIpc) is 3.52. The molecular formula is C31H29ClN2O6S. The lowest BCUT2D eigenvalue weighted by atomic mass is 9.95. The minimum absolute atomic E-state index is 0.0642. The summed E-state index contributed by atoms with van der Waals surface area (Å²) in [6, 6.07) is 15.6. The fourth-order valence-electron chi connectivity index (χ4n) is 4.67. The van der Waals surface area contributed by atoms with E-state index in [1.165, 1.54) is 15.9 Å². The van der Waals surface area contributed by atoms with E-state index >= 15 is 0 Å². The number of halogens is 1. The number of esters is 1. The number of carbonyl (C=O) groups is 1. The first kappa shape index (κ1) is 28.4. The van der Waals surface area contributed by atoms with Crippen LogP contribution in [-0.4, -0.2) is 30.4 Å². The number of hydrogen-bond acceptors (Lipinski definition) is 8. The van der Waals surface area contributed by atoms with Gasteiger partial charge in [-0.25, -0.2) is 9.79 Å². The summed E-state index contributed by atoms with van der Waals surface area (Å²) in [4.78, 5) is 32.2. The number of allylic oxidation sites excluding steroid dienone is 1. The van der Waals surface area contributed by atoms with Crippen molar-refractivity contribution in [3.05, 3.63) is 102 Å². The van der Waals surface area contributed by atoms with Crippen LogP contribution in [0, 0.1) is 0 Å². The average molecular weight is 593 g/mol. The van der Waals surface area contributed by atoms with E-state index in [0.29, 0.717) is 48.6 Å². The molecule has 0 unspecified atom stereocenters. The molecule has 41 heavy (non-hydrogen) atoms. The number of hydrogen-bond donors (Lipinski definition) is 0. The summed E-state index contributed by atoms with van der Waals surface area (Å²) >= 11 is 7.36. The van der Waals surface area contributed by atoms with Gasteiger partial charge in [0.15, 0.2) is 16.3 Å². The molecule has 1 atom stereocenters. The number of nitrogens with zero attached hydrogens (tertiary/aromatic N) is 2. The third kappa shape index (κ3) is 5.73. The second-order valence-electron chi connectivity index (χ2n) is 9.59. The molecule has 2 aromatic heterocycles. The van der Waals surface area contributed by atoms with Crippen LogP contribution in [0.3, 0.4) is 0 Å². The minimum Gasteiger partial charge on any atom is -0.493 e. The lowest BCUT2D eigenvalue weighted by Gasteiger charge is -2.25. The molecular weight excluding hydrogens is 564 g/mol. The summed E-state index contributed by atoms with van der Waals surface area (Å²) in [6.07, 6.45) is 1.61. The van der Waals surface area contributed by atoms with E-state index in [4.69, 9.17) is 30.2 Å². The highest BCUT2D eigenvalue weighted by Crippen LogP contribution is 2.36. The normalized spacial score (nSPS) is 15.1. The van der Waals surface area contributed by atoms with E-state index in [1.807, 2.05) is 44.2 Å². The van der Waals surface area contributed by atoms with Crippen molar-refractivity contribution in [3.8, 4) is 22.8 Å². The van der Waals surface area contributed by atoms with Gasteiger partial charge in [-0.2, -0.15) is 0 Å². The van der Waals surface area contributed by atoms with E-state index in [9.17, 15) is 9.59 Å². The molecule has 212 valence electrons. The third-order valence-electron chi connectivity index (χ3n) is 6.39. The smallest absolute Gasteiger partial charge is 0.338 e. The number of fused-ring (bicyclic) bond motifs is 1. The number of rotatable bonds is 8. The van der Waals surface area contributed by atoms with Gasteiger partial charge in [0.2, 0.25) is 0 Å². The van der Waals surface area contributed by atoms with E-state index in [0.717, 1.165) is 5.56 Å². The summed E-state index contributed by atoms with van der Waals surface area (Å²) in [5.74, 6) is 1.64. The highest BCUT2D eigenvalue weighted by molar-refractivity contribution is 7.07. The second kappa shape index (κ2) is 11.8. The molecule has 2 aromatic carbocycles. The number of thiazole rings is 1. The molecule has 0 fully saturated rings. The van der Waals surface area contributed by atoms with Crippen LogP contribution >= 0.6 is 22.9 Å². The van der Waals surface area contributed by atoms with Crippen LogP contribution in [-0.2, 0) is 9.53 Å². The molecule has 0 aliphatic carbocycles. The van der Waals surface area contributed by atoms with Gasteiger partial charge in [0.1, 0.15) is 11.5 Å². The Morgan fingerprint density at radius 3 is 2.68 bits per heavy atom. The molecule has 5 rings (SSSR count). The molecule has 0 bridgehead atoms. The van der Waals surface area contributed by atoms with Crippen LogP contribution < -0.4 is 24.4 Å². The SMILES string of the molecule is CCOC(=O)C1=C(C)N=c2s/c(=C\c3ccc(-c4cccc(Cl)c4)o3)c(=O)n2[C@H]1c1ccc(OC(C)C)c(OC)c1. The number of benzene rings is 2. The van der Waals surface area contributed by atoms with Gasteiger partial charge < -0.3 is 18.6 Å². The number of ether oxygens (including phenoxy) is 3. The molecule has 3 heterocycles. The molecule has 4 aromatic rings. The zero-order chi connectivity index (χ0) is 29.3. The molecule has 1 aliphatic rings. The monoisotopic (exact) mass is 592 g/mol. The second-order valence-corrected chi connectivity index (χ2v) is 11.0. The van der Waals surface area contributed by atoms with Crippen LogP contribution in [0.4, 0.5) is 0 Å². The van der Waals surface area contributed by atoms with Crippen molar-refractivity contribution in [2.45, 2.75) is 39.8 Å². The number of carbonyl (C=O) groups excluding carboxylic acids is 1. The van der Waals surface area contributed by atoms with Crippen molar-refractivity contribution >= 4 is 35.0 Å². The van der Waals surface area contributed by atoms with Crippen molar-refractivity contribution in [2.75, 3.05) is 13.7 Å². The molecule has 0 radical (unpaired) electrons. The van der Waals surface area contributed by atoms with Gasteiger partial charge in [-0.05, 0) is 69.7 Å². The predicted octanol–water partition coefficient (Wildman–Crippen LogP) is 5.51. The molecule has 0 spiro atoms. The van der Waals surface area contributed by atoms with Crippen molar-refractivity contribution in [1.29, 1.82) is 0 Å². The minimum atomic E-state index is -0.784. The Labute approximate surface area is 245 Å². The molecule has 10 heteroatoms. The third-order valence-corrected chi connectivity index (χ3v) is 7.61. The lowest BCUT2D eigenvalue weighted by molar-refractivity contribution is -0.139. The van der Waals surface area contributed by atoms with Gasteiger partial charge in [-0.1, -0.05) is 41.1 Å². The number of methoxy groups -OCH3 is 1. The zero-order valence-corrected chi connectivity index (χ0v) is 24.8. The van der Waals surface area contributed by atoms with Crippen LogP contribution in [0.5, 0.6) is 11.5 Å². The van der Waals surface area contributed by atoms with Gasteiger partial charge >= 0.3 is 5.97 Å². The van der Waals surface area contributed by atoms with Crippen LogP contribution in [0.15, 0.2) is 80.1 Å². The first-order valence-electron chi connectivity index (χ1n) is 13.1. The van der Waals surface area contributed by atoms with Crippen LogP contribution in [0.2, 0.25) is 5.02 Å². The zero-order valence-electron chi connectivity index (χ0n) is 23.3. The van der Waals surface area contributed by atoms with E-state index in [1.54, 1.807) is 51.3 Å². The topological polar surface area (TPSA) is 92.3 Å². The van der Waals surface area contributed by atoms with Gasteiger partial charge in [0.05, 0.1) is 41.7 Å². The summed E-state index contributed by atoms with van der Waals surface area (Å²) < 4.78 is 24.8. The Bertz CT molecular complexity index is 1830. The molecule has 8 nitrogen and oxygen atoms in total. The van der Waals surface area contributed by atoms with Crippen molar-refractivity contribution in [1.82, 2.24) is 4.57 Å². The summed E-state index contributed by atoms with van der Waals surface area (Å²) in [5, 5.41) is 0.599. The Morgan fingerprint density at radius 2 is 1.98 bits per heavy atom. The molecule has 0 saturated heterocycles. The van der Waals surface area contributed by atoms with Crippen LogP contribution in [0.25, 0.3) is 17.4 Å². The van der Waals surface area contributed by atoms with Crippen molar-refractivity contribution in [3.63, 3.8) is 0 Å². The highest BCUT2D eigenvalue weighted by Gasteiger charge is 2.34. The van der Waals surface area contributed by atoms with Gasteiger partial charge in [0, 0.05) is 16.7 Å². The maximum absolute atomic E-state index is 13.9. The first-order valence-corrected chi connectivity index (χ1v) is 14.3. The summed E-state index contributed by atoms with van der Waals surface area (Å²) in [7, 11) is 1.55. The largest absolute Gasteiger partial charge is 0.493 e. The van der Waals surface area contributed by atoms with E-state index < -0.39 is 12.0 Å². The predicted molar refractivity (Wildman–Crippen MR) is 158 cm³/mol. The number of aromatic nitrogens is 1. The Morgan fingerprint density at radius 1 is 1.17 bits per heavy atom.